The summed E-state index contributed by atoms with van der Waals surface area (Å²) in [4.78, 5) is 25.8. The van der Waals surface area contributed by atoms with E-state index in [0.717, 1.165) is 0 Å². The van der Waals surface area contributed by atoms with Crippen LogP contribution in [-0.2, 0) is 4.79 Å². The Hall–Kier alpha value is -3.53. The summed E-state index contributed by atoms with van der Waals surface area (Å²) in [5.74, 6) is 3.86. The lowest BCUT2D eigenvalue weighted by Gasteiger charge is -2.04. The van der Waals surface area contributed by atoms with Gasteiger partial charge in [-0.05, 0) is 18.2 Å². The van der Waals surface area contributed by atoms with Crippen LogP contribution in [0.3, 0.4) is 0 Å². The van der Waals surface area contributed by atoms with Gasteiger partial charge in [-0.1, -0.05) is 30.0 Å². The predicted octanol–water partition coefficient (Wildman–Crippen LogP) is 1.03. The number of carbonyl (C=O) groups is 2. The molecule has 0 bridgehead atoms. The summed E-state index contributed by atoms with van der Waals surface area (Å²) in [5, 5.41) is 20.4. The molecule has 1 heterocycles. The van der Waals surface area contributed by atoms with Gasteiger partial charge in [-0.3, -0.25) is 9.59 Å². The standard InChI is InChI=1S/C17H14N2O5/c20-14-9-12(5-4-8-24-13-6-2-1-3-7-13)10-18-16(14)17(23)19-11-15(21)22/h1-3,6-7,9-10,20H,8,11H2,(H,19,23)(H,21,22). The summed E-state index contributed by atoms with van der Waals surface area (Å²) < 4.78 is 5.40. The van der Waals surface area contributed by atoms with E-state index in [4.69, 9.17) is 9.84 Å². The first-order valence-corrected chi connectivity index (χ1v) is 6.92. The first-order valence-electron chi connectivity index (χ1n) is 6.92. The van der Waals surface area contributed by atoms with Gasteiger partial charge >= 0.3 is 5.97 Å². The number of aromatic nitrogens is 1. The Morgan fingerprint density at radius 1 is 1.25 bits per heavy atom. The average Bonchev–Trinajstić information content (AvgIpc) is 2.57. The van der Waals surface area contributed by atoms with Gasteiger partial charge in [0.15, 0.2) is 5.69 Å². The van der Waals surface area contributed by atoms with Gasteiger partial charge in [-0.2, -0.15) is 0 Å². The van der Waals surface area contributed by atoms with Crippen molar-refractivity contribution in [2.45, 2.75) is 0 Å². The van der Waals surface area contributed by atoms with E-state index in [1.807, 2.05) is 18.2 Å². The number of carboxylic acids is 1. The van der Waals surface area contributed by atoms with Crippen molar-refractivity contribution in [3.05, 3.63) is 53.9 Å². The third kappa shape index (κ3) is 5.03. The predicted molar refractivity (Wildman–Crippen MR) is 84.7 cm³/mol. The number of hydrogen-bond donors (Lipinski definition) is 3. The highest BCUT2D eigenvalue weighted by Crippen LogP contribution is 2.15. The Bertz CT molecular complexity index is 794. The molecule has 0 aliphatic heterocycles. The number of carboxylic acid groups (broad SMARTS) is 1. The van der Waals surface area contributed by atoms with Crippen molar-refractivity contribution in [2.75, 3.05) is 13.2 Å². The van der Waals surface area contributed by atoms with E-state index in [1.165, 1.54) is 12.3 Å². The third-order valence-electron chi connectivity index (χ3n) is 2.77. The maximum atomic E-state index is 11.6. The van der Waals surface area contributed by atoms with Crippen molar-refractivity contribution in [2.24, 2.45) is 0 Å². The zero-order chi connectivity index (χ0) is 17.4. The Labute approximate surface area is 137 Å². The lowest BCUT2D eigenvalue weighted by atomic mass is 10.2. The van der Waals surface area contributed by atoms with Gasteiger partial charge < -0.3 is 20.3 Å². The molecule has 0 saturated heterocycles. The summed E-state index contributed by atoms with van der Waals surface area (Å²) in [6, 6.07) is 10.5. The van der Waals surface area contributed by atoms with Crippen molar-refractivity contribution < 1.29 is 24.5 Å². The molecule has 1 aromatic heterocycles. The topological polar surface area (TPSA) is 109 Å². The van der Waals surface area contributed by atoms with Crippen LogP contribution >= 0.6 is 0 Å². The minimum absolute atomic E-state index is 0.158. The fraction of sp³-hybridized carbons (Fsp3) is 0.118. The first-order chi connectivity index (χ1) is 11.6. The maximum absolute atomic E-state index is 11.6. The highest BCUT2D eigenvalue weighted by molar-refractivity contribution is 5.96. The first kappa shape index (κ1) is 16.8. The van der Waals surface area contributed by atoms with Crippen LogP contribution in [-0.4, -0.2) is 40.2 Å². The van der Waals surface area contributed by atoms with E-state index in [1.54, 1.807) is 12.1 Å². The maximum Gasteiger partial charge on any atom is 0.322 e. The lowest BCUT2D eigenvalue weighted by molar-refractivity contribution is -0.135. The molecule has 122 valence electrons. The number of nitrogens with zero attached hydrogens (tertiary/aromatic N) is 1. The van der Waals surface area contributed by atoms with Gasteiger partial charge in [0.25, 0.3) is 5.91 Å². The molecular formula is C17H14N2O5. The molecule has 0 aliphatic rings. The van der Waals surface area contributed by atoms with Crippen molar-refractivity contribution in [1.82, 2.24) is 10.3 Å². The molecule has 0 spiro atoms. The SMILES string of the molecule is O=C(O)CNC(=O)c1ncc(C#CCOc2ccccc2)cc1O. The number of rotatable bonds is 5. The molecule has 3 N–H and O–H groups in total. The molecule has 0 fully saturated rings. The smallest absolute Gasteiger partial charge is 0.322 e. The van der Waals surface area contributed by atoms with Crippen LogP contribution in [0.1, 0.15) is 16.1 Å². The largest absolute Gasteiger partial charge is 0.505 e. The Balaban J connectivity index is 1.96. The number of aliphatic carboxylic acids is 1. The molecule has 2 rings (SSSR count). The van der Waals surface area contributed by atoms with E-state index < -0.39 is 18.4 Å². The molecule has 7 nitrogen and oxygen atoms in total. The highest BCUT2D eigenvalue weighted by Gasteiger charge is 2.13. The summed E-state index contributed by atoms with van der Waals surface area (Å²) in [6.45, 7) is -0.399. The van der Waals surface area contributed by atoms with Crippen LogP contribution in [0.5, 0.6) is 11.5 Å². The van der Waals surface area contributed by atoms with Crippen LogP contribution < -0.4 is 10.1 Å². The number of ether oxygens (including phenoxy) is 1. The average molecular weight is 326 g/mol. The molecule has 0 radical (unpaired) electrons. The Morgan fingerprint density at radius 3 is 2.67 bits per heavy atom. The van der Waals surface area contributed by atoms with Crippen LogP contribution in [0.25, 0.3) is 0 Å². The number of carbonyl (C=O) groups excluding carboxylic acids is 1. The molecular weight excluding hydrogens is 312 g/mol. The van der Waals surface area contributed by atoms with Crippen LogP contribution in [0, 0.1) is 11.8 Å². The zero-order valence-corrected chi connectivity index (χ0v) is 12.5. The van der Waals surface area contributed by atoms with Crippen molar-refractivity contribution >= 4 is 11.9 Å². The summed E-state index contributed by atoms with van der Waals surface area (Å²) in [7, 11) is 0. The molecule has 24 heavy (non-hydrogen) atoms. The molecule has 0 saturated carbocycles. The van der Waals surface area contributed by atoms with Crippen molar-refractivity contribution in [1.29, 1.82) is 0 Å². The van der Waals surface area contributed by atoms with Crippen LogP contribution in [0.2, 0.25) is 0 Å². The Kier molecular flexibility index (Phi) is 5.75. The third-order valence-corrected chi connectivity index (χ3v) is 2.77. The molecule has 2 aromatic rings. The number of amides is 1. The van der Waals surface area contributed by atoms with E-state index in [0.29, 0.717) is 11.3 Å². The molecule has 1 amide bonds. The fourth-order valence-electron chi connectivity index (χ4n) is 1.71. The second kappa shape index (κ2) is 8.19. The van der Waals surface area contributed by atoms with E-state index in [2.05, 4.69) is 22.1 Å². The number of hydrogen-bond acceptors (Lipinski definition) is 5. The summed E-state index contributed by atoms with van der Waals surface area (Å²) in [5.41, 5.74) is 0.140. The van der Waals surface area contributed by atoms with Gasteiger partial charge in [0.1, 0.15) is 24.7 Å². The van der Waals surface area contributed by atoms with Gasteiger partial charge in [0.2, 0.25) is 0 Å². The zero-order valence-electron chi connectivity index (χ0n) is 12.5. The molecule has 7 heteroatoms. The van der Waals surface area contributed by atoms with E-state index in [9.17, 15) is 14.7 Å². The van der Waals surface area contributed by atoms with Crippen LogP contribution in [0.15, 0.2) is 42.6 Å². The minimum atomic E-state index is -1.19. The lowest BCUT2D eigenvalue weighted by Crippen LogP contribution is -2.29. The molecule has 1 aromatic carbocycles. The summed E-state index contributed by atoms with van der Waals surface area (Å²) >= 11 is 0. The highest BCUT2D eigenvalue weighted by atomic mass is 16.5. The van der Waals surface area contributed by atoms with E-state index in [-0.39, 0.29) is 18.1 Å². The normalized spacial score (nSPS) is 9.50. The number of aromatic hydroxyl groups is 1. The monoisotopic (exact) mass is 326 g/mol. The second-order valence-electron chi connectivity index (χ2n) is 4.57. The van der Waals surface area contributed by atoms with Gasteiger partial charge in [0.05, 0.1) is 0 Å². The van der Waals surface area contributed by atoms with Crippen molar-refractivity contribution in [3.8, 4) is 23.3 Å². The van der Waals surface area contributed by atoms with Crippen LogP contribution in [0.4, 0.5) is 0 Å². The number of para-hydroxylation sites is 1. The number of pyridine rings is 1. The van der Waals surface area contributed by atoms with E-state index >= 15 is 0 Å². The molecule has 0 atom stereocenters. The minimum Gasteiger partial charge on any atom is -0.505 e. The fourth-order valence-corrected chi connectivity index (χ4v) is 1.71. The van der Waals surface area contributed by atoms with Gasteiger partial charge in [-0.25, -0.2) is 4.98 Å². The molecule has 0 aliphatic carbocycles. The quantitative estimate of drug-likeness (QED) is 0.708. The van der Waals surface area contributed by atoms with Gasteiger partial charge in [0, 0.05) is 11.8 Å². The Morgan fingerprint density at radius 2 is 2.00 bits per heavy atom. The molecule has 0 unspecified atom stereocenters. The van der Waals surface area contributed by atoms with Crippen molar-refractivity contribution in [3.63, 3.8) is 0 Å². The number of nitrogens with one attached hydrogen (secondary N) is 1. The summed E-state index contributed by atoms with van der Waals surface area (Å²) in [6.07, 6.45) is 1.31. The second-order valence-corrected chi connectivity index (χ2v) is 4.57. The number of benzene rings is 1. The van der Waals surface area contributed by atoms with Gasteiger partial charge in [-0.15, -0.1) is 0 Å².